The third kappa shape index (κ3) is 3.18. The summed E-state index contributed by atoms with van der Waals surface area (Å²) in [6, 6.07) is 9.92. The van der Waals surface area contributed by atoms with Gasteiger partial charge in [0.05, 0.1) is 5.92 Å². The summed E-state index contributed by atoms with van der Waals surface area (Å²) in [5, 5.41) is 0.625. The molecule has 76 valence electrons. The highest BCUT2D eigenvalue weighted by Gasteiger charge is 2.16. The number of rotatable bonds is 3. The average Bonchev–Trinajstić information content (AvgIpc) is 2.17. The van der Waals surface area contributed by atoms with Crippen LogP contribution in [0.5, 0.6) is 0 Å². The van der Waals surface area contributed by atoms with Gasteiger partial charge in [-0.15, -0.1) is 0 Å². The Bertz CT molecular complexity index is 292. The van der Waals surface area contributed by atoms with Crippen molar-refractivity contribution in [2.24, 2.45) is 0 Å². The molecule has 0 radical (unpaired) electrons. The van der Waals surface area contributed by atoms with Gasteiger partial charge in [-0.2, -0.15) is 0 Å². The van der Waals surface area contributed by atoms with Crippen LogP contribution in [-0.4, -0.2) is 10.4 Å². The molecule has 2 heteroatoms. The smallest absolute Gasteiger partial charge is 0.196 e. The van der Waals surface area contributed by atoms with E-state index in [9.17, 15) is 4.79 Å². The molecule has 0 aliphatic heterocycles. The first-order valence-corrected chi connectivity index (χ1v) is 5.74. The van der Waals surface area contributed by atoms with Gasteiger partial charge in [0.2, 0.25) is 0 Å². The summed E-state index contributed by atoms with van der Waals surface area (Å²) in [5.41, 5.74) is 1.10. The zero-order chi connectivity index (χ0) is 10.6. The highest BCUT2D eigenvalue weighted by Crippen LogP contribution is 2.24. The largest absolute Gasteiger partial charge is 0.287 e. The van der Waals surface area contributed by atoms with Crippen molar-refractivity contribution in [3.8, 4) is 0 Å². The SMILES string of the molecule is CC(C)SC(=O)C(C)c1ccccc1. The molecule has 1 atom stereocenters. The second-order valence-corrected chi connectivity index (χ2v) is 5.20. The number of carbonyl (C=O) groups is 1. The van der Waals surface area contributed by atoms with E-state index in [1.807, 2.05) is 51.1 Å². The Morgan fingerprint density at radius 1 is 1.14 bits per heavy atom. The maximum atomic E-state index is 11.7. The van der Waals surface area contributed by atoms with Gasteiger partial charge in [-0.25, -0.2) is 0 Å². The molecule has 0 bridgehead atoms. The van der Waals surface area contributed by atoms with E-state index in [0.717, 1.165) is 5.56 Å². The first-order chi connectivity index (χ1) is 6.61. The molecule has 1 unspecified atom stereocenters. The predicted octanol–water partition coefficient (Wildman–Crippen LogP) is 3.46. The summed E-state index contributed by atoms with van der Waals surface area (Å²) in [6.45, 7) is 6.05. The van der Waals surface area contributed by atoms with E-state index in [0.29, 0.717) is 5.25 Å². The van der Waals surface area contributed by atoms with Gasteiger partial charge in [0.15, 0.2) is 5.12 Å². The Morgan fingerprint density at radius 3 is 2.21 bits per heavy atom. The normalized spacial score (nSPS) is 12.9. The van der Waals surface area contributed by atoms with E-state index < -0.39 is 0 Å². The Morgan fingerprint density at radius 2 is 1.71 bits per heavy atom. The fourth-order valence-electron chi connectivity index (χ4n) is 1.21. The molecular formula is C12H16OS. The fraction of sp³-hybridized carbons (Fsp3) is 0.417. The van der Waals surface area contributed by atoms with Crippen molar-refractivity contribution in [3.05, 3.63) is 35.9 Å². The summed E-state index contributed by atoms with van der Waals surface area (Å²) in [5.74, 6) is 0.00333. The lowest BCUT2D eigenvalue weighted by Gasteiger charge is -2.11. The summed E-state index contributed by atoms with van der Waals surface area (Å²) in [6.07, 6.45) is 0. The molecule has 0 saturated heterocycles. The second-order valence-electron chi connectivity index (χ2n) is 3.62. The van der Waals surface area contributed by atoms with Crippen LogP contribution >= 0.6 is 11.8 Å². The zero-order valence-corrected chi connectivity index (χ0v) is 9.67. The molecule has 0 aliphatic carbocycles. The zero-order valence-electron chi connectivity index (χ0n) is 8.86. The van der Waals surface area contributed by atoms with Crippen molar-refractivity contribution >= 4 is 16.9 Å². The molecule has 1 nitrogen and oxygen atoms in total. The predicted molar refractivity (Wildman–Crippen MR) is 62.6 cm³/mol. The molecule has 1 aromatic rings. The molecule has 0 heterocycles. The molecule has 1 aromatic carbocycles. The highest BCUT2D eigenvalue weighted by atomic mass is 32.2. The van der Waals surface area contributed by atoms with Crippen LogP contribution in [-0.2, 0) is 4.79 Å². The third-order valence-corrected chi connectivity index (χ3v) is 3.06. The fourth-order valence-corrected chi connectivity index (χ4v) is 2.02. The number of hydrogen-bond donors (Lipinski definition) is 0. The van der Waals surface area contributed by atoms with Gasteiger partial charge in [-0.1, -0.05) is 62.9 Å². The maximum absolute atomic E-state index is 11.7. The molecule has 1 rings (SSSR count). The summed E-state index contributed by atoms with van der Waals surface area (Å²) in [7, 11) is 0. The van der Waals surface area contributed by atoms with Crippen LogP contribution < -0.4 is 0 Å². The summed E-state index contributed by atoms with van der Waals surface area (Å²) < 4.78 is 0. The lowest BCUT2D eigenvalue weighted by atomic mass is 10.0. The molecule has 0 N–H and O–H groups in total. The van der Waals surface area contributed by atoms with Gasteiger partial charge < -0.3 is 0 Å². The quantitative estimate of drug-likeness (QED) is 0.756. The Kier molecular flexibility index (Phi) is 4.21. The van der Waals surface area contributed by atoms with Crippen LogP contribution in [0.2, 0.25) is 0 Å². The minimum absolute atomic E-state index is 0.00333. The van der Waals surface area contributed by atoms with Crippen LogP contribution in [0.25, 0.3) is 0 Å². The van der Waals surface area contributed by atoms with E-state index >= 15 is 0 Å². The van der Waals surface area contributed by atoms with Gasteiger partial charge in [-0.3, -0.25) is 4.79 Å². The van der Waals surface area contributed by atoms with E-state index in [1.54, 1.807) is 0 Å². The van der Waals surface area contributed by atoms with Crippen molar-refractivity contribution in [1.29, 1.82) is 0 Å². The van der Waals surface area contributed by atoms with Crippen LogP contribution in [0.15, 0.2) is 30.3 Å². The highest BCUT2D eigenvalue weighted by molar-refractivity contribution is 8.14. The monoisotopic (exact) mass is 208 g/mol. The van der Waals surface area contributed by atoms with E-state index in [2.05, 4.69) is 0 Å². The number of thioether (sulfide) groups is 1. The first-order valence-electron chi connectivity index (χ1n) is 4.86. The number of hydrogen-bond acceptors (Lipinski definition) is 2. The van der Waals surface area contributed by atoms with Crippen LogP contribution in [0, 0.1) is 0 Å². The van der Waals surface area contributed by atoms with Crippen molar-refractivity contribution in [1.82, 2.24) is 0 Å². The third-order valence-electron chi connectivity index (χ3n) is 2.00. The average molecular weight is 208 g/mol. The topological polar surface area (TPSA) is 17.1 Å². The van der Waals surface area contributed by atoms with Gasteiger partial charge in [-0.05, 0) is 5.56 Å². The van der Waals surface area contributed by atoms with Gasteiger partial charge in [0.25, 0.3) is 0 Å². The maximum Gasteiger partial charge on any atom is 0.196 e. The molecule has 0 aliphatic rings. The molecule has 0 amide bonds. The van der Waals surface area contributed by atoms with Crippen LogP contribution in [0.4, 0.5) is 0 Å². The van der Waals surface area contributed by atoms with Crippen molar-refractivity contribution in [2.45, 2.75) is 31.9 Å². The molecular weight excluding hydrogens is 192 g/mol. The van der Waals surface area contributed by atoms with E-state index in [-0.39, 0.29) is 11.0 Å². The lowest BCUT2D eigenvalue weighted by Crippen LogP contribution is -2.07. The van der Waals surface area contributed by atoms with Gasteiger partial charge in [0.1, 0.15) is 0 Å². The minimum atomic E-state index is 0.00333. The van der Waals surface area contributed by atoms with E-state index in [4.69, 9.17) is 0 Å². The first kappa shape index (κ1) is 11.3. The van der Waals surface area contributed by atoms with Crippen molar-refractivity contribution in [3.63, 3.8) is 0 Å². The van der Waals surface area contributed by atoms with Crippen molar-refractivity contribution < 1.29 is 4.79 Å². The Balaban J connectivity index is 2.66. The molecule has 0 saturated carbocycles. The summed E-state index contributed by atoms with van der Waals surface area (Å²) >= 11 is 1.42. The van der Waals surface area contributed by atoms with Gasteiger partial charge in [0, 0.05) is 5.25 Å². The van der Waals surface area contributed by atoms with E-state index in [1.165, 1.54) is 11.8 Å². The number of benzene rings is 1. The minimum Gasteiger partial charge on any atom is -0.287 e. The summed E-state index contributed by atoms with van der Waals surface area (Å²) in [4.78, 5) is 11.7. The Labute approximate surface area is 89.9 Å². The standard InChI is InChI=1S/C12H16OS/c1-9(2)14-12(13)10(3)11-7-5-4-6-8-11/h4-10H,1-3H3. The molecule has 0 spiro atoms. The lowest BCUT2D eigenvalue weighted by molar-refractivity contribution is -0.111. The second kappa shape index (κ2) is 5.20. The number of carbonyl (C=O) groups excluding carboxylic acids is 1. The van der Waals surface area contributed by atoms with Crippen LogP contribution in [0.3, 0.4) is 0 Å². The Hall–Kier alpha value is -0.760. The van der Waals surface area contributed by atoms with Crippen LogP contribution in [0.1, 0.15) is 32.3 Å². The van der Waals surface area contributed by atoms with Gasteiger partial charge >= 0.3 is 0 Å². The molecule has 14 heavy (non-hydrogen) atoms. The molecule has 0 aromatic heterocycles. The van der Waals surface area contributed by atoms with Crippen molar-refractivity contribution in [2.75, 3.05) is 0 Å². The molecule has 0 fully saturated rings.